The van der Waals surface area contributed by atoms with Gasteiger partial charge in [-0.25, -0.2) is 9.67 Å². The van der Waals surface area contributed by atoms with Gasteiger partial charge in [0.25, 0.3) is 0 Å². The standard InChI is InChI=1S/C15H26N4/c1-5-15(4,10-16-13-6-7-13)8-14-17-11-18-19(14)9-12(2)3/h5,11-13,16H,1,6-10H2,2-4H3. The first-order valence-electron chi connectivity index (χ1n) is 7.26. The lowest BCUT2D eigenvalue weighted by molar-refractivity contribution is 0.363. The molecule has 1 atom stereocenters. The maximum absolute atomic E-state index is 4.42. The van der Waals surface area contributed by atoms with Gasteiger partial charge >= 0.3 is 0 Å². The average Bonchev–Trinajstić information content (AvgIpc) is 3.10. The summed E-state index contributed by atoms with van der Waals surface area (Å²) in [4.78, 5) is 4.42. The lowest BCUT2D eigenvalue weighted by Gasteiger charge is -2.26. The first-order valence-corrected chi connectivity index (χ1v) is 7.26. The molecule has 0 aromatic carbocycles. The molecule has 1 fully saturated rings. The van der Waals surface area contributed by atoms with Crippen molar-refractivity contribution in [3.05, 3.63) is 24.8 Å². The Bertz CT molecular complexity index is 420. The summed E-state index contributed by atoms with van der Waals surface area (Å²) in [5, 5.41) is 7.93. The lowest BCUT2D eigenvalue weighted by atomic mass is 9.86. The van der Waals surface area contributed by atoms with Crippen molar-refractivity contribution in [2.75, 3.05) is 6.54 Å². The van der Waals surface area contributed by atoms with E-state index in [2.05, 4.69) is 48.8 Å². The molecular formula is C15H26N4. The summed E-state index contributed by atoms with van der Waals surface area (Å²) in [6.45, 7) is 12.5. The highest BCUT2D eigenvalue weighted by Crippen LogP contribution is 2.25. The maximum atomic E-state index is 4.42. The van der Waals surface area contributed by atoms with Gasteiger partial charge in [0.1, 0.15) is 12.2 Å². The quantitative estimate of drug-likeness (QED) is 0.732. The predicted octanol–water partition coefficient (Wildman–Crippen LogP) is 2.42. The summed E-state index contributed by atoms with van der Waals surface area (Å²) in [5.41, 5.74) is 0.0460. The van der Waals surface area contributed by atoms with Crippen molar-refractivity contribution in [1.29, 1.82) is 0 Å². The second-order valence-corrected chi connectivity index (χ2v) is 6.44. The molecular weight excluding hydrogens is 236 g/mol. The minimum atomic E-state index is 0.0460. The first kappa shape index (κ1) is 14.3. The van der Waals surface area contributed by atoms with Crippen LogP contribution in [0.4, 0.5) is 0 Å². The zero-order chi connectivity index (χ0) is 13.9. The van der Waals surface area contributed by atoms with E-state index in [4.69, 9.17) is 0 Å². The Labute approximate surface area is 116 Å². The third kappa shape index (κ3) is 4.16. The van der Waals surface area contributed by atoms with Gasteiger partial charge in [0.05, 0.1) is 0 Å². The Balaban J connectivity index is 1.99. The van der Waals surface area contributed by atoms with Crippen molar-refractivity contribution >= 4 is 0 Å². The normalized spacial score (nSPS) is 18.5. The van der Waals surface area contributed by atoms with Crippen molar-refractivity contribution < 1.29 is 0 Å². The number of hydrogen-bond donors (Lipinski definition) is 1. The molecule has 0 aliphatic heterocycles. The minimum absolute atomic E-state index is 0.0460. The molecule has 1 N–H and O–H groups in total. The fourth-order valence-electron chi connectivity index (χ4n) is 2.16. The monoisotopic (exact) mass is 262 g/mol. The molecule has 1 heterocycles. The van der Waals surface area contributed by atoms with Gasteiger partial charge in [-0.3, -0.25) is 0 Å². The van der Waals surface area contributed by atoms with E-state index in [1.807, 2.05) is 4.68 Å². The smallest absolute Gasteiger partial charge is 0.138 e. The van der Waals surface area contributed by atoms with Crippen molar-refractivity contribution in [1.82, 2.24) is 20.1 Å². The van der Waals surface area contributed by atoms with Crippen LogP contribution in [0.15, 0.2) is 19.0 Å². The largest absolute Gasteiger partial charge is 0.313 e. The number of nitrogens with zero attached hydrogens (tertiary/aromatic N) is 3. The van der Waals surface area contributed by atoms with Gasteiger partial charge in [-0.15, -0.1) is 6.58 Å². The predicted molar refractivity (Wildman–Crippen MR) is 77.9 cm³/mol. The zero-order valence-electron chi connectivity index (χ0n) is 12.4. The molecule has 1 saturated carbocycles. The molecule has 0 bridgehead atoms. The summed E-state index contributed by atoms with van der Waals surface area (Å²) >= 11 is 0. The SMILES string of the molecule is C=CC(C)(CNC1CC1)Cc1ncnn1CC(C)C. The van der Waals surface area contributed by atoms with E-state index in [1.54, 1.807) is 6.33 Å². The van der Waals surface area contributed by atoms with Crippen molar-refractivity contribution in [2.45, 2.75) is 52.6 Å². The molecule has 2 rings (SSSR count). The van der Waals surface area contributed by atoms with E-state index >= 15 is 0 Å². The van der Waals surface area contributed by atoms with Crippen molar-refractivity contribution in [3.63, 3.8) is 0 Å². The molecule has 4 nitrogen and oxygen atoms in total. The lowest BCUT2D eigenvalue weighted by Crippen LogP contribution is -2.34. The number of aromatic nitrogens is 3. The molecule has 1 aliphatic rings. The fourth-order valence-corrected chi connectivity index (χ4v) is 2.16. The van der Waals surface area contributed by atoms with Gasteiger partial charge in [0, 0.05) is 31.0 Å². The summed E-state index contributed by atoms with van der Waals surface area (Å²) in [6, 6.07) is 0.729. The van der Waals surface area contributed by atoms with E-state index in [0.717, 1.165) is 31.4 Å². The van der Waals surface area contributed by atoms with Crippen molar-refractivity contribution in [3.8, 4) is 0 Å². The van der Waals surface area contributed by atoms with E-state index in [0.29, 0.717) is 5.92 Å². The number of hydrogen-bond acceptors (Lipinski definition) is 3. The maximum Gasteiger partial charge on any atom is 0.138 e. The highest BCUT2D eigenvalue weighted by Gasteiger charge is 2.28. The molecule has 0 spiro atoms. The van der Waals surface area contributed by atoms with Crippen LogP contribution < -0.4 is 5.32 Å². The second-order valence-electron chi connectivity index (χ2n) is 6.44. The number of rotatable bonds is 8. The van der Waals surface area contributed by atoms with Gasteiger partial charge in [-0.1, -0.05) is 26.8 Å². The average molecular weight is 262 g/mol. The minimum Gasteiger partial charge on any atom is -0.313 e. The van der Waals surface area contributed by atoms with E-state index in [1.165, 1.54) is 12.8 Å². The third-order valence-corrected chi connectivity index (χ3v) is 3.66. The van der Waals surface area contributed by atoms with Gasteiger partial charge in [-0.05, 0) is 18.8 Å². The Kier molecular flexibility index (Phi) is 4.40. The van der Waals surface area contributed by atoms with Crippen LogP contribution in [0.3, 0.4) is 0 Å². The van der Waals surface area contributed by atoms with Gasteiger partial charge in [-0.2, -0.15) is 5.10 Å². The van der Waals surface area contributed by atoms with Crippen LogP contribution in [0.5, 0.6) is 0 Å². The van der Waals surface area contributed by atoms with Crippen LogP contribution in [0.25, 0.3) is 0 Å². The topological polar surface area (TPSA) is 42.7 Å². The van der Waals surface area contributed by atoms with Crippen LogP contribution in [0.2, 0.25) is 0 Å². The van der Waals surface area contributed by atoms with Crippen LogP contribution in [0, 0.1) is 11.3 Å². The molecule has 0 amide bonds. The fraction of sp³-hybridized carbons (Fsp3) is 0.733. The molecule has 4 heteroatoms. The Morgan fingerprint density at radius 1 is 1.58 bits per heavy atom. The molecule has 106 valence electrons. The molecule has 0 saturated heterocycles. The van der Waals surface area contributed by atoms with Crippen LogP contribution in [-0.4, -0.2) is 27.4 Å². The number of nitrogens with one attached hydrogen (secondary N) is 1. The Hall–Kier alpha value is -1.16. The molecule has 0 radical (unpaired) electrons. The van der Waals surface area contributed by atoms with Gasteiger partial charge in [0.2, 0.25) is 0 Å². The summed E-state index contributed by atoms with van der Waals surface area (Å²) in [7, 11) is 0. The molecule has 1 unspecified atom stereocenters. The Morgan fingerprint density at radius 2 is 2.32 bits per heavy atom. The highest BCUT2D eigenvalue weighted by molar-refractivity contribution is 5.02. The van der Waals surface area contributed by atoms with E-state index < -0.39 is 0 Å². The molecule has 1 aromatic heterocycles. The summed E-state index contributed by atoms with van der Waals surface area (Å²) in [6.07, 6.45) is 7.24. The highest BCUT2D eigenvalue weighted by atomic mass is 15.3. The molecule has 1 aromatic rings. The Morgan fingerprint density at radius 3 is 2.89 bits per heavy atom. The van der Waals surface area contributed by atoms with Crippen LogP contribution in [-0.2, 0) is 13.0 Å². The van der Waals surface area contributed by atoms with E-state index in [-0.39, 0.29) is 5.41 Å². The molecule has 1 aliphatic carbocycles. The first-order chi connectivity index (χ1) is 9.02. The third-order valence-electron chi connectivity index (χ3n) is 3.66. The van der Waals surface area contributed by atoms with Gasteiger partial charge < -0.3 is 5.32 Å². The van der Waals surface area contributed by atoms with Gasteiger partial charge in [0.15, 0.2) is 0 Å². The van der Waals surface area contributed by atoms with Crippen molar-refractivity contribution in [2.24, 2.45) is 11.3 Å². The molecule has 19 heavy (non-hydrogen) atoms. The van der Waals surface area contributed by atoms with Crippen LogP contribution in [0.1, 0.15) is 39.4 Å². The van der Waals surface area contributed by atoms with E-state index in [9.17, 15) is 0 Å². The zero-order valence-corrected chi connectivity index (χ0v) is 12.4. The summed E-state index contributed by atoms with van der Waals surface area (Å²) < 4.78 is 2.03. The second kappa shape index (κ2) is 5.87. The summed E-state index contributed by atoms with van der Waals surface area (Å²) in [5.74, 6) is 1.65. The van der Waals surface area contributed by atoms with Crippen LogP contribution >= 0.6 is 0 Å².